The van der Waals surface area contributed by atoms with Crippen molar-refractivity contribution in [1.82, 2.24) is 29.1 Å². The van der Waals surface area contributed by atoms with Crippen molar-refractivity contribution in [2.24, 2.45) is 0 Å². The summed E-state index contributed by atoms with van der Waals surface area (Å²) < 4.78 is 108. The van der Waals surface area contributed by atoms with E-state index < -0.39 is 57.5 Å². The van der Waals surface area contributed by atoms with Gasteiger partial charge < -0.3 is 9.47 Å². The number of aryl methyl sites for hydroxylation is 2. The van der Waals surface area contributed by atoms with Gasteiger partial charge in [0.1, 0.15) is 23.1 Å². The van der Waals surface area contributed by atoms with E-state index in [4.69, 9.17) is 9.47 Å². The lowest BCUT2D eigenvalue weighted by Crippen LogP contribution is -2.02. The van der Waals surface area contributed by atoms with Gasteiger partial charge in [-0.3, -0.25) is 19.1 Å². The van der Waals surface area contributed by atoms with Crippen molar-refractivity contribution in [3.05, 3.63) is 192 Å². The normalized spacial score (nSPS) is 11.6. The molecule has 6 aromatic carbocycles. The summed E-state index contributed by atoms with van der Waals surface area (Å²) in [6.45, 7) is 3.88. The minimum Gasteiger partial charge on any atom is -0.454 e. The zero-order valence-electron chi connectivity index (χ0n) is 34.6. The number of ether oxygens (including phenoxy) is 2. The Labute approximate surface area is 370 Å². The average Bonchev–Trinajstić information content (AvgIpc) is 3.84. The first-order valence-corrected chi connectivity index (χ1v) is 20.5. The molecule has 0 bridgehead atoms. The fraction of sp³-hybridized carbons (Fsp3) is 0.0385. The standard InChI is InChI=1S/C52H30F6N6O2/c1-27-15-17-59-45(19-27)63-39-9-5-3-7-31(39)33-13-11-29(21-41(33)63)65-43-23-35(47(53)51(57)49(43)55)37-25-62-38(26-61-37)36-24-44(50(56)52(58)48(36)54)66-30-12-14-34-32-8-4-6-10-40(32)64(42(34)22-30)46-20-28(2)16-18-60-46/h3-26H,1-2H3. The molecule has 0 aliphatic carbocycles. The van der Waals surface area contributed by atoms with Crippen LogP contribution in [0, 0.1) is 48.8 Å². The van der Waals surface area contributed by atoms with E-state index in [1.54, 1.807) is 48.8 Å². The second-order valence-corrected chi connectivity index (χ2v) is 15.7. The van der Waals surface area contributed by atoms with Gasteiger partial charge in [0.15, 0.2) is 34.8 Å². The fourth-order valence-corrected chi connectivity index (χ4v) is 8.35. The van der Waals surface area contributed by atoms with Crippen LogP contribution in [0.1, 0.15) is 11.1 Å². The molecule has 0 saturated heterocycles. The summed E-state index contributed by atoms with van der Waals surface area (Å²) in [7, 11) is 0. The lowest BCUT2D eigenvalue weighted by molar-refractivity contribution is 0.395. The molecule has 8 nitrogen and oxygen atoms in total. The largest absolute Gasteiger partial charge is 0.454 e. The Morgan fingerprint density at radius 1 is 0.394 bits per heavy atom. The van der Waals surface area contributed by atoms with E-state index in [1.807, 2.05) is 95.8 Å². The Bertz CT molecular complexity index is 3530. The van der Waals surface area contributed by atoms with Gasteiger partial charge in [0.25, 0.3) is 0 Å². The van der Waals surface area contributed by atoms with Crippen LogP contribution in [-0.2, 0) is 0 Å². The van der Waals surface area contributed by atoms with E-state index in [-0.39, 0.29) is 22.9 Å². The molecule has 0 atom stereocenters. The van der Waals surface area contributed by atoms with E-state index in [2.05, 4.69) is 19.9 Å². The summed E-state index contributed by atoms with van der Waals surface area (Å²) in [5.74, 6) is -9.89. The Morgan fingerprint density at radius 3 is 1.21 bits per heavy atom. The van der Waals surface area contributed by atoms with Crippen molar-refractivity contribution in [3.63, 3.8) is 0 Å². The third kappa shape index (κ3) is 6.64. The molecule has 0 saturated carbocycles. The molecule has 0 aliphatic heterocycles. The lowest BCUT2D eigenvalue weighted by Gasteiger charge is -2.13. The molecule has 0 N–H and O–H groups in total. The van der Waals surface area contributed by atoms with Crippen LogP contribution >= 0.6 is 0 Å². The van der Waals surface area contributed by atoms with E-state index in [0.29, 0.717) is 22.7 Å². The molecule has 0 amide bonds. The first-order valence-electron chi connectivity index (χ1n) is 20.5. The molecule has 0 radical (unpaired) electrons. The van der Waals surface area contributed by atoms with Crippen LogP contribution < -0.4 is 9.47 Å². The summed E-state index contributed by atoms with van der Waals surface area (Å²) >= 11 is 0. The highest BCUT2D eigenvalue weighted by Crippen LogP contribution is 2.40. The van der Waals surface area contributed by atoms with Crippen LogP contribution in [0.5, 0.6) is 23.0 Å². The fourth-order valence-electron chi connectivity index (χ4n) is 8.35. The number of fused-ring (bicyclic) bond motifs is 6. The molecule has 5 aromatic heterocycles. The molecule has 14 heteroatoms. The molecule has 0 fully saturated rings. The average molecular weight is 885 g/mol. The summed E-state index contributed by atoms with van der Waals surface area (Å²) in [5.41, 5.74) is 3.31. The summed E-state index contributed by atoms with van der Waals surface area (Å²) in [6.07, 6.45) is 5.30. The highest BCUT2D eigenvalue weighted by Gasteiger charge is 2.26. The predicted molar refractivity (Wildman–Crippen MR) is 239 cm³/mol. The highest BCUT2D eigenvalue weighted by atomic mass is 19.2. The van der Waals surface area contributed by atoms with Gasteiger partial charge in [-0.1, -0.05) is 36.4 Å². The molecule has 0 aliphatic rings. The Balaban J connectivity index is 0.924. The summed E-state index contributed by atoms with van der Waals surface area (Å²) in [5, 5.41) is 3.53. The number of benzene rings is 6. The molecule has 0 unspecified atom stereocenters. The Morgan fingerprint density at radius 2 is 0.803 bits per heavy atom. The first kappa shape index (κ1) is 40.3. The number of aromatic nitrogens is 6. The van der Waals surface area contributed by atoms with Gasteiger partial charge in [-0.15, -0.1) is 0 Å². The molecule has 322 valence electrons. The number of para-hydroxylation sites is 2. The predicted octanol–water partition coefficient (Wildman–Crippen LogP) is 13.8. The van der Waals surface area contributed by atoms with Gasteiger partial charge in [-0.05, 0) is 97.8 Å². The molecule has 66 heavy (non-hydrogen) atoms. The molecular formula is C52H30F6N6O2. The molecule has 5 heterocycles. The third-order valence-electron chi connectivity index (χ3n) is 11.4. The second-order valence-electron chi connectivity index (χ2n) is 15.7. The molecule has 11 rings (SSSR count). The van der Waals surface area contributed by atoms with Crippen molar-refractivity contribution in [3.8, 4) is 57.1 Å². The maximum atomic E-state index is 15.5. The zero-order chi connectivity index (χ0) is 45.4. The van der Waals surface area contributed by atoms with Crippen LogP contribution in [0.2, 0.25) is 0 Å². The van der Waals surface area contributed by atoms with Crippen LogP contribution in [0.4, 0.5) is 26.3 Å². The van der Waals surface area contributed by atoms with Crippen LogP contribution in [-0.4, -0.2) is 29.1 Å². The number of pyridine rings is 2. The molecular weight excluding hydrogens is 855 g/mol. The SMILES string of the molecule is Cc1ccnc(-n2c3ccccc3c3ccc(Oc4cc(-c5cnc(-c6cc(Oc7ccc8c9ccccc9n(-c9cc(C)ccn9)c8c7)c(F)c(F)c6F)cn5)c(F)c(F)c4F)cc32)c1. The van der Waals surface area contributed by atoms with Crippen molar-refractivity contribution in [2.75, 3.05) is 0 Å². The highest BCUT2D eigenvalue weighted by molar-refractivity contribution is 6.10. The quantitative estimate of drug-likeness (QED) is 0.112. The maximum Gasteiger partial charge on any atom is 0.204 e. The van der Waals surface area contributed by atoms with Gasteiger partial charge in [-0.25, -0.2) is 27.5 Å². The number of hydrogen-bond donors (Lipinski definition) is 0. The van der Waals surface area contributed by atoms with E-state index in [0.717, 1.165) is 68.2 Å². The number of rotatable bonds is 8. The minimum absolute atomic E-state index is 0.105. The van der Waals surface area contributed by atoms with E-state index >= 15 is 26.3 Å². The molecule has 11 aromatic rings. The van der Waals surface area contributed by atoms with Gasteiger partial charge in [0, 0.05) is 57.2 Å². The molecule has 0 spiro atoms. The number of nitrogens with zero attached hydrogens (tertiary/aromatic N) is 6. The minimum atomic E-state index is -1.84. The topological polar surface area (TPSA) is 79.9 Å². The van der Waals surface area contributed by atoms with Gasteiger partial charge in [0.05, 0.1) is 45.8 Å². The van der Waals surface area contributed by atoms with Crippen LogP contribution in [0.3, 0.4) is 0 Å². The zero-order valence-corrected chi connectivity index (χ0v) is 34.6. The number of halogens is 6. The smallest absolute Gasteiger partial charge is 0.204 e. The van der Waals surface area contributed by atoms with E-state index in [9.17, 15) is 0 Å². The van der Waals surface area contributed by atoms with E-state index in [1.165, 1.54) is 0 Å². The Hall–Kier alpha value is -8.52. The van der Waals surface area contributed by atoms with Crippen molar-refractivity contribution in [1.29, 1.82) is 0 Å². The van der Waals surface area contributed by atoms with Crippen LogP contribution in [0.25, 0.3) is 77.8 Å². The lowest BCUT2D eigenvalue weighted by atomic mass is 10.1. The van der Waals surface area contributed by atoms with Gasteiger partial charge in [0.2, 0.25) is 11.6 Å². The second kappa shape index (κ2) is 15.6. The summed E-state index contributed by atoms with van der Waals surface area (Å²) in [4.78, 5) is 17.4. The van der Waals surface area contributed by atoms with Crippen LogP contribution in [0.15, 0.2) is 146 Å². The maximum absolute atomic E-state index is 15.5. The Kier molecular flexibility index (Phi) is 9.53. The van der Waals surface area contributed by atoms with Crippen molar-refractivity contribution < 1.29 is 35.8 Å². The monoisotopic (exact) mass is 884 g/mol. The van der Waals surface area contributed by atoms with Crippen molar-refractivity contribution >= 4 is 43.6 Å². The third-order valence-corrected chi connectivity index (χ3v) is 11.4. The van der Waals surface area contributed by atoms with Crippen molar-refractivity contribution in [2.45, 2.75) is 13.8 Å². The number of hydrogen-bond acceptors (Lipinski definition) is 6. The van der Waals surface area contributed by atoms with Gasteiger partial charge in [-0.2, -0.15) is 8.78 Å². The van der Waals surface area contributed by atoms with Gasteiger partial charge >= 0.3 is 0 Å². The summed E-state index contributed by atoms with van der Waals surface area (Å²) in [6, 6.07) is 34.8. The first-order chi connectivity index (χ1) is 32.0.